The molecular weight excluding hydrogens is 348 g/mol. The fourth-order valence-corrected chi connectivity index (χ4v) is 4.04. The summed E-state index contributed by atoms with van der Waals surface area (Å²) in [6, 6.07) is 15.4. The molecule has 6 heteroatoms. The van der Waals surface area contributed by atoms with Gasteiger partial charge in [-0.2, -0.15) is 0 Å². The van der Waals surface area contributed by atoms with Crippen LogP contribution in [0.4, 0.5) is 5.69 Å². The van der Waals surface area contributed by atoms with Crippen LogP contribution < -0.4 is 10.0 Å². The summed E-state index contributed by atoms with van der Waals surface area (Å²) in [7, 11) is -3.28. The highest BCUT2D eigenvalue weighted by atomic mass is 32.2. The molecule has 3 N–H and O–H groups in total. The lowest BCUT2D eigenvalue weighted by Crippen LogP contribution is -2.30. The topological polar surface area (TPSA) is 78.4 Å². The van der Waals surface area contributed by atoms with Crippen molar-refractivity contribution in [1.29, 1.82) is 0 Å². The SMILES string of the molecule is CS(=O)(=O)Nc1ccc([C@H](O)CNC[C@H]2CCc3ccccc3C2)cc1. The quantitative estimate of drug-likeness (QED) is 0.696. The standard InChI is InChI=1S/C20H26N2O3S/c1-26(24,25)22-19-10-8-17(9-11-19)20(23)14-21-13-15-6-7-16-4-2-3-5-18(16)12-15/h2-5,8-11,15,20-23H,6-7,12-14H2,1H3/t15-,20+/m0/s1. The summed E-state index contributed by atoms with van der Waals surface area (Å²) < 4.78 is 24.9. The van der Waals surface area contributed by atoms with Crippen LogP contribution in [0, 0.1) is 5.92 Å². The minimum Gasteiger partial charge on any atom is -0.387 e. The number of hydrogen-bond donors (Lipinski definition) is 3. The summed E-state index contributed by atoms with van der Waals surface area (Å²) in [5, 5.41) is 13.7. The molecule has 2 aromatic rings. The molecule has 0 bridgehead atoms. The van der Waals surface area contributed by atoms with Crippen molar-refractivity contribution < 1.29 is 13.5 Å². The molecule has 0 saturated carbocycles. The largest absolute Gasteiger partial charge is 0.387 e. The molecule has 0 saturated heterocycles. The Morgan fingerprint density at radius 3 is 2.50 bits per heavy atom. The fourth-order valence-electron chi connectivity index (χ4n) is 3.48. The molecule has 1 aliphatic carbocycles. The van der Waals surface area contributed by atoms with Crippen molar-refractivity contribution in [2.24, 2.45) is 5.92 Å². The van der Waals surface area contributed by atoms with E-state index in [4.69, 9.17) is 0 Å². The molecule has 3 rings (SSSR count). The maximum atomic E-state index is 11.2. The Balaban J connectivity index is 1.46. The van der Waals surface area contributed by atoms with Gasteiger partial charge in [-0.3, -0.25) is 4.72 Å². The van der Waals surface area contributed by atoms with Crippen LogP contribution in [0.3, 0.4) is 0 Å². The van der Waals surface area contributed by atoms with Gasteiger partial charge < -0.3 is 10.4 Å². The van der Waals surface area contributed by atoms with Gasteiger partial charge >= 0.3 is 0 Å². The zero-order valence-corrected chi connectivity index (χ0v) is 15.8. The summed E-state index contributed by atoms with van der Waals surface area (Å²) in [5.41, 5.74) is 4.18. The van der Waals surface area contributed by atoms with Crippen LogP contribution in [0.5, 0.6) is 0 Å². The number of nitrogens with one attached hydrogen (secondary N) is 2. The van der Waals surface area contributed by atoms with Gasteiger partial charge in [-0.25, -0.2) is 8.42 Å². The van der Waals surface area contributed by atoms with Crippen molar-refractivity contribution >= 4 is 15.7 Å². The first-order valence-electron chi connectivity index (χ1n) is 8.94. The van der Waals surface area contributed by atoms with Crippen LogP contribution in [-0.2, 0) is 22.9 Å². The highest BCUT2D eigenvalue weighted by Crippen LogP contribution is 2.25. The molecule has 0 heterocycles. The van der Waals surface area contributed by atoms with E-state index in [1.54, 1.807) is 24.3 Å². The summed E-state index contributed by atoms with van der Waals surface area (Å²) in [4.78, 5) is 0. The van der Waals surface area contributed by atoms with E-state index >= 15 is 0 Å². The molecule has 0 aliphatic heterocycles. The average molecular weight is 375 g/mol. The lowest BCUT2D eigenvalue weighted by molar-refractivity contribution is 0.172. The van der Waals surface area contributed by atoms with Gasteiger partial charge in [0.15, 0.2) is 0 Å². The van der Waals surface area contributed by atoms with Crippen LogP contribution in [0.25, 0.3) is 0 Å². The summed E-state index contributed by atoms with van der Waals surface area (Å²) in [5.74, 6) is 0.596. The summed E-state index contributed by atoms with van der Waals surface area (Å²) in [6.45, 7) is 1.37. The number of fused-ring (bicyclic) bond motifs is 1. The van der Waals surface area contributed by atoms with E-state index < -0.39 is 16.1 Å². The highest BCUT2D eigenvalue weighted by Gasteiger charge is 2.18. The molecular formula is C20H26N2O3S. The number of aryl methyl sites for hydroxylation is 1. The third-order valence-corrected chi connectivity index (χ3v) is 5.42. The van der Waals surface area contributed by atoms with E-state index in [0.717, 1.165) is 31.2 Å². The molecule has 2 atom stereocenters. The average Bonchev–Trinajstić information content (AvgIpc) is 2.61. The number of rotatable bonds is 7. The first-order chi connectivity index (χ1) is 12.4. The molecule has 0 aromatic heterocycles. The van der Waals surface area contributed by atoms with Crippen molar-refractivity contribution in [3.05, 3.63) is 65.2 Å². The van der Waals surface area contributed by atoms with Gasteiger partial charge in [-0.15, -0.1) is 0 Å². The first kappa shape index (κ1) is 18.9. The van der Waals surface area contributed by atoms with Gasteiger partial charge in [0.25, 0.3) is 0 Å². The van der Waals surface area contributed by atoms with E-state index in [1.165, 1.54) is 17.5 Å². The highest BCUT2D eigenvalue weighted by molar-refractivity contribution is 7.92. The van der Waals surface area contributed by atoms with Crippen LogP contribution in [0.2, 0.25) is 0 Å². The van der Waals surface area contributed by atoms with Gasteiger partial charge in [0.1, 0.15) is 0 Å². The van der Waals surface area contributed by atoms with Crippen molar-refractivity contribution in [2.75, 3.05) is 24.1 Å². The smallest absolute Gasteiger partial charge is 0.229 e. The second-order valence-corrected chi connectivity index (χ2v) is 8.80. The maximum Gasteiger partial charge on any atom is 0.229 e. The molecule has 0 fully saturated rings. The predicted molar refractivity (Wildman–Crippen MR) is 105 cm³/mol. The Morgan fingerprint density at radius 2 is 1.81 bits per heavy atom. The monoisotopic (exact) mass is 374 g/mol. The Labute approximate surface area is 155 Å². The molecule has 5 nitrogen and oxygen atoms in total. The lowest BCUT2D eigenvalue weighted by Gasteiger charge is -2.25. The van der Waals surface area contributed by atoms with Crippen LogP contribution >= 0.6 is 0 Å². The van der Waals surface area contributed by atoms with E-state index in [-0.39, 0.29) is 0 Å². The number of anilines is 1. The summed E-state index contributed by atoms with van der Waals surface area (Å²) in [6.07, 6.45) is 3.89. The molecule has 0 spiro atoms. The number of aliphatic hydroxyl groups is 1. The van der Waals surface area contributed by atoms with Crippen LogP contribution in [0.15, 0.2) is 48.5 Å². The third kappa shape index (κ3) is 5.30. The molecule has 0 amide bonds. The Kier molecular flexibility index (Phi) is 5.96. The summed E-state index contributed by atoms with van der Waals surface area (Å²) >= 11 is 0. The van der Waals surface area contributed by atoms with Gasteiger partial charge in [0.05, 0.1) is 12.4 Å². The fraction of sp³-hybridized carbons (Fsp3) is 0.400. The van der Waals surface area contributed by atoms with E-state index in [1.807, 2.05) is 0 Å². The van der Waals surface area contributed by atoms with E-state index in [9.17, 15) is 13.5 Å². The molecule has 0 radical (unpaired) electrons. The maximum absolute atomic E-state index is 11.2. The number of benzene rings is 2. The van der Waals surface area contributed by atoms with Gasteiger partial charge in [0.2, 0.25) is 10.0 Å². The second-order valence-electron chi connectivity index (χ2n) is 7.05. The normalized spacial score (nSPS) is 18.2. The zero-order valence-electron chi connectivity index (χ0n) is 15.0. The Morgan fingerprint density at radius 1 is 1.12 bits per heavy atom. The van der Waals surface area contributed by atoms with Crippen LogP contribution in [-0.4, -0.2) is 32.9 Å². The van der Waals surface area contributed by atoms with Crippen molar-refractivity contribution in [2.45, 2.75) is 25.4 Å². The van der Waals surface area contributed by atoms with Gasteiger partial charge in [0, 0.05) is 12.2 Å². The minimum atomic E-state index is -3.28. The molecule has 0 unspecified atom stereocenters. The van der Waals surface area contributed by atoms with Gasteiger partial charge in [-0.1, -0.05) is 36.4 Å². The Hall–Kier alpha value is -1.89. The lowest BCUT2D eigenvalue weighted by atomic mass is 9.84. The minimum absolute atomic E-state index is 0.483. The number of hydrogen-bond acceptors (Lipinski definition) is 4. The zero-order chi connectivity index (χ0) is 18.6. The molecule has 140 valence electrons. The van der Waals surface area contributed by atoms with Gasteiger partial charge in [-0.05, 0) is 60.5 Å². The number of sulfonamides is 1. The molecule has 26 heavy (non-hydrogen) atoms. The van der Waals surface area contributed by atoms with Crippen molar-refractivity contribution in [3.63, 3.8) is 0 Å². The van der Waals surface area contributed by atoms with E-state index in [2.05, 4.69) is 34.3 Å². The number of aliphatic hydroxyl groups excluding tert-OH is 1. The van der Waals surface area contributed by atoms with E-state index in [0.29, 0.717) is 18.2 Å². The van der Waals surface area contributed by atoms with Crippen molar-refractivity contribution in [1.82, 2.24) is 5.32 Å². The van der Waals surface area contributed by atoms with Crippen molar-refractivity contribution in [3.8, 4) is 0 Å². The molecule has 1 aliphatic rings. The molecule has 2 aromatic carbocycles. The third-order valence-electron chi connectivity index (χ3n) is 4.82. The predicted octanol–water partition coefficient (Wildman–Crippen LogP) is 2.49. The van der Waals surface area contributed by atoms with Crippen LogP contribution in [0.1, 0.15) is 29.2 Å². The first-order valence-corrected chi connectivity index (χ1v) is 10.8. The Bertz CT molecular complexity index is 834. The second kappa shape index (κ2) is 8.20.